The first kappa shape index (κ1) is 12.7. The Hall–Kier alpha value is -0.750. The Bertz CT molecular complexity index is 307. The molecule has 0 radical (unpaired) electrons. The van der Waals surface area contributed by atoms with Gasteiger partial charge in [-0.05, 0) is 12.8 Å². The van der Waals surface area contributed by atoms with Crippen LogP contribution in [0.4, 0.5) is 0 Å². The molecule has 1 aliphatic heterocycles. The molecule has 1 N–H and O–H groups in total. The first-order valence-corrected chi connectivity index (χ1v) is 7.04. The molecule has 96 valence electrons. The molecule has 1 saturated heterocycles. The van der Waals surface area contributed by atoms with Crippen LogP contribution in [0.15, 0.2) is 0 Å². The van der Waals surface area contributed by atoms with Gasteiger partial charge in [-0.3, -0.25) is 9.59 Å². The second-order valence-electron chi connectivity index (χ2n) is 4.38. The Kier molecular flexibility index (Phi) is 4.28. The molecule has 2 fully saturated rings. The molecule has 17 heavy (non-hydrogen) atoms. The van der Waals surface area contributed by atoms with Gasteiger partial charge in [0.1, 0.15) is 6.04 Å². The standard InChI is InChI=1S/C11H18N2O3S/c1-16-5-4-12-10(14)9-6-17-7-13(9)11(15)8-2-3-8/h8-9H,2-7H2,1H3,(H,12,14). The highest BCUT2D eigenvalue weighted by atomic mass is 32.2. The Morgan fingerprint density at radius 2 is 2.24 bits per heavy atom. The van der Waals surface area contributed by atoms with Gasteiger partial charge in [-0.1, -0.05) is 0 Å². The highest BCUT2D eigenvalue weighted by Crippen LogP contribution is 2.34. The molecule has 1 unspecified atom stereocenters. The van der Waals surface area contributed by atoms with E-state index in [0.29, 0.717) is 24.8 Å². The molecular weight excluding hydrogens is 240 g/mol. The van der Waals surface area contributed by atoms with E-state index in [2.05, 4.69) is 5.32 Å². The van der Waals surface area contributed by atoms with Crippen LogP contribution in [-0.2, 0) is 14.3 Å². The van der Waals surface area contributed by atoms with E-state index < -0.39 is 0 Å². The molecule has 1 aliphatic carbocycles. The van der Waals surface area contributed by atoms with Gasteiger partial charge >= 0.3 is 0 Å². The monoisotopic (exact) mass is 258 g/mol. The fourth-order valence-corrected chi connectivity index (χ4v) is 3.00. The van der Waals surface area contributed by atoms with Gasteiger partial charge in [-0.2, -0.15) is 0 Å². The zero-order valence-corrected chi connectivity index (χ0v) is 10.8. The number of ether oxygens (including phenoxy) is 1. The van der Waals surface area contributed by atoms with Crippen LogP contribution in [-0.4, -0.2) is 54.6 Å². The molecule has 6 heteroatoms. The third-order valence-corrected chi connectivity index (χ3v) is 4.01. The zero-order chi connectivity index (χ0) is 12.3. The number of methoxy groups -OCH3 is 1. The first-order valence-electron chi connectivity index (χ1n) is 5.89. The molecule has 5 nitrogen and oxygen atoms in total. The summed E-state index contributed by atoms with van der Waals surface area (Å²) in [6.07, 6.45) is 1.97. The summed E-state index contributed by atoms with van der Waals surface area (Å²) in [5.74, 6) is 1.64. The summed E-state index contributed by atoms with van der Waals surface area (Å²) in [6.45, 7) is 1.00. The molecule has 0 aromatic carbocycles. The minimum Gasteiger partial charge on any atom is -0.383 e. The lowest BCUT2D eigenvalue weighted by Crippen LogP contribution is -2.48. The number of rotatable bonds is 5. The van der Waals surface area contributed by atoms with Crippen molar-refractivity contribution in [3.63, 3.8) is 0 Å². The average Bonchev–Trinajstić information content (AvgIpc) is 3.05. The molecule has 0 bridgehead atoms. The van der Waals surface area contributed by atoms with Gasteiger partial charge in [0, 0.05) is 25.3 Å². The molecule has 2 amide bonds. The molecular formula is C11H18N2O3S. The molecule has 2 rings (SSSR count). The van der Waals surface area contributed by atoms with E-state index >= 15 is 0 Å². The maximum Gasteiger partial charge on any atom is 0.243 e. The van der Waals surface area contributed by atoms with Gasteiger partial charge in [0.05, 0.1) is 12.5 Å². The van der Waals surface area contributed by atoms with Crippen molar-refractivity contribution in [2.45, 2.75) is 18.9 Å². The van der Waals surface area contributed by atoms with Crippen LogP contribution in [0.5, 0.6) is 0 Å². The predicted octanol–water partition coefficient (Wildman–Crippen LogP) is 0.0605. The van der Waals surface area contributed by atoms with Crippen LogP contribution in [0, 0.1) is 5.92 Å². The van der Waals surface area contributed by atoms with Crippen LogP contribution in [0.3, 0.4) is 0 Å². The second-order valence-corrected chi connectivity index (χ2v) is 5.38. The lowest BCUT2D eigenvalue weighted by Gasteiger charge is -2.22. The summed E-state index contributed by atoms with van der Waals surface area (Å²) in [4.78, 5) is 25.6. The number of carbonyl (C=O) groups excluding carboxylic acids is 2. The Morgan fingerprint density at radius 1 is 1.47 bits per heavy atom. The van der Waals surface area contributed by atoms with Crippen LogP contribution >= 0.6 is 11.8 Å². The van der Waals surface area contributed by atoms with Crippen molar-refractivity contribution in [1.29, 1.82) is 0 Å². The van der Waals surface area contributed by atoms with Crippen molar-refractivity contribution in [2.75, 3.05) is 31.9 Å². The van der Waals surface area contributed by atoms with Gasteiger partial charge in [-0.15, -0.1) is 11.8 Å². The van der Waals surface area contributed by atoms with E-state index in [1.54, 1.807) is 23.8 Å². The SMILES string of the molecule is COCCNC(=O)C1CSCN1C(=O)C1CC1. The van der Waals surface area contributed by atoms with E-state index in [4.69, 9.17) is 4.74 Å². The Balaban J connectivity index is 1.85. The van der Waals surface area contributed by atoms with Gasteiger partial charge < -0.3 is 15.0 Å². The topological polar surface area (TPSA) is 58.6 Å². The van der Waals surface area contributed by atoms with Crippen molar-refractivity contribution < 1.29 is 14.3 Å². The fourth-order valence-electron chi connectivity index (χ4n) is 1.84. The maximum atomic E-state index is 12.0. The van der Waals surface area contributed by atoms with Gasteiger partial charge in [0.2, 0.25) is 11.8 Å². The van der Waals surface area contributed by atoms with Crippen molar-refractivity contribution in [1.82, 2.24) is 10.2 Å². The van der Waals surface area contributed by atoms with E-state index in [0.717, 1.165) is 12.8 Å². The number of nitrogens with zero attached hydrogens (tertiary/aromatic N) is 1. The third kappa shape index (κ3) is 3.13. The number of carbonyl (C=O) groups is 2. The van der Waals surface area contributed by atoms with Crippen LogP contribution in [0.2, 0.25) is 0 Å². The minimum atomic E-state index is -0.287. The minimum absolute atomic E-state index is 0.0546. The summed E-state index contributed by atoms with van der Waals surface area (Å²) < 4.78 is 4.88. The lowest BCUT2D eigenvalue weighted by molar-refractivity contribution is -0.139. The van der Waals surface area contributed by atoms with Crippen molar-refractivity contribution in [2.24, 2.45) is 5.92 Å². The van der Waals surface area contributed by atoms with Crippen LogP contribution in [0.1, 0.15) is 12.8 Å². The Morgan fingerprint density at radius 3 is 2.88 bits per heavy atom. The highest BCUT2D eigenvalue weighted by Gasteiger charge is 2.41. The number of amides is 2. The van der Waals surface area contributed by atoms with Gasteiger partial charge in [0.25, 0.3) is 0 Å². The van der Waals surface area contributed by atoms with Crippen LogP contribution < -0.4 is 5.32 Å². The number of nitrogens with one attached hydrogen (secondary N) is 1. The summed E-state index contributed by atoms with van der Waals surface area (Å²) in [5, 5.41) is 2.80. The molecule has 1 atom stereocenters. The number of hydrogen-bond acceptors (Lipinski definition) is 4. The highest BCUT2D eigenvalue weighted by molar-refractivity contribution is 7.99. The lowest BCUT2D eigenvalue weighted by atomic mass is 10.2. The summed E-state index contributed by atoms with van der Waals surface area (Å²) in [6, 6.07) is -0.287. The van der Waals surface area contributed by atoms with Gasteiger partial charge in [-0.25, -0.2) is 0 Å². The molecule has 1 heterocycles. The van der Waals surface area contributed by atoms with Gasteiger partial charge in [0.15, 0.2) is 0 Å². The van der Waals surface area contributed by atoms with Crippen molar-refractivity contribution in [3.05, 3.63) is 0 Å². The average molecular weight is 258 g/mol. The molecule has 0 aromatic heterocycles. The van der Waals surface area contributed by atoms with Crippen LogP contribution in [0.25, 0.3) is 0 Å². The van der Waals surface area contributed by atoms with E-state index in [1.807, 2.05) is 0 Å². The fraction of sp³-hybridized carbons (Fsp3) is 0.818. The third-order valence-electron chi connectivity index (χ3n) is 3.00. The smallest absolute Gasteiger partial charge is 0.243 e. The predicted molar refractivity (Wildman–Crippen MR) is 65.6 cm³/mol. The second kappa shape index (κ2) is 5.73. The number of hydrogen-bond donors (Lipinski definition) is 1. The maximum absolute atomic E-state index is 12.0. The molecule has 0 spiro atoms. The first-order chi connectivity index (χ1) is 8.24. The summed E-state index contributed by atoms with van der Waals surface area (Å²) in [5.41, 5.74) is 0. The van der Waals surface area contributed by atoms with Crippen molar-refractivity contribution >= 4 is 23.6 Å². The normalized spacial score (nSPS) is 23.8. The van der Waals surface area contributed by atoms with E-state index in [9.17, 15) is 9.59 Å². The number of thioether (sulfide) groups is 1. The molecule has 1 saturated carbocycles. The summed E-state index contributed by atoms with van der Waals surface area (Å²) >= 11 is 1.64. The molecule has 2 aliphatic rings. The summed E-state index contributed by atoms with van der Waals surface area (Å²) in [7, 11) is 1.60. The van der Waals surface area contributed by atoms with E-state index in [1.165, 1.54) is 0 Å². The van der Waals surface area contributed by atoms with Crippen molar-refractivity contribution in [3.8, 4) is 0 Å². The largest absolute Gasteiger partial charge is 0.383 e. The molecule has 0 aromatic rings. The van der Waals surface area contributed by atoms with E-state index in [-0.39, 0.29) is 23.8 Å². The Labute approximate surface area is 105 Å². The quantitative estimate of drug-likeness (QED) is 0.709. The zero-order valence-electron chi connectivity index (χ0n) is 9.98.